The summed E-state index contributed by atoms with van der Waals surface area (Å²) in [5.41, 5.74) is 12.2. The SMILES string of the molecule is COc1ccc(NC(=O)[C@H](CCCCN)NC(=O)c2cc(N)ccc2OC)cc1C(=O)N[C@@H](C)C(=O)O. The Morgan fingerprint density at radius 2 is 1.51 bits per heavy atom. The molecule has 0 unspecified atom stereocenters. The molecule has 0 saturated heterocycles. The lowest BCUT2D eigenvalue weighted by Gasteiger charge is -2.20. The van der Waals surface area contributed by atoms with Crippen molar-refractivity contribution < 1.29 is 33.8 Å². The van der Waals surface area contributed by atoms with Crippen LogP contribution in [0.2, 0.25) is 0 Å². The summed E-state index contributed by atoms with van der Waals surface area (Å²) in [6.45, 7) is 1.75. The number of nitrogen functional groups attached to an aromatic ring is 1. The third-order valence-corrected chi connectivity index (χ3v) is 5.47. The number of anilines is 2. The summed E-state index contributed by atoms with van der Waals surface area (Å²) >= 11 is 0. The Balaban J connectivity index is 2.27. The fourth-order valence-corrected chi connectivity index (χ4v) is 3.43. The Morgan fingerprint density at radius 1 is 0.919 bits per heavy atom. The van der Waals surface area contributed by atoms with Gasteiger partial charge in [-0.2, -0.15) is 0 Å². The fourth-order valence-electron chi connectivity index (χ4n) is 3.43. The summed E-state index contributed by atoms with van der Waals surface area (Å²) in [5, 5.41) is 16.8. The van der Waals surface area contributed by atoms with E-state index in [1.165, 1.54) is 45.4 Å². The van der Waals surface area contributed by atoms with Gasteiger partial charge in [-0.15, -0.1) is 0 Å². The molecule has 0 fully saturated rings. The van der Waals surface area contributed by atoms with E-state index < -0.39 is 35.8 Å². The zero-order chi connectivity index (χ0) is 27.5. The van der Waals surface area contributed by atoms with Crippen LogP contribution in [0.25, 0.3) is 0 Å². The summed E-state index contributed by atoms with van der Waals surface area (Å²) in [7, 11) is 2.78. The first-order valence-corrected chi connectivity index (χ1v) is 11.6. The molecule has 3 amide bonds. The van der Waals surface area contributed by atoms with Gasteiger partial charge in [0, 0.05) is 11.4 Å². The second kappa shape index (κ2) is 13.7. The smallest absolute Gasteiger partial charge is 0.325 e. The van der Waals surface area contributed by atoms with Gasteiger partial charge in [0.15, 0.2) is 0 Å². The van der Waals surface area contributed by atoms with Crippen LogP contribution in [0.5, 0.6) is 11.5 Å². The van der Waals surface area contributed by atoms with E-state index in [0.717, 1.165) is 0 Å². The minimum atomic E-state index is -1.20. The number of methoxy groups -OCH3 is 2. The highest BCUT2D eigenvalue weighted by atomic mass is 16.5. The minimum Gasteiger partial charge on any atom is -0.496 e. The van der Waals surface area contributed by atoms with Crippen LogP contribution in [0.15, 0.2) is 36.4 Å². The maximum Gasteiger partial charge on any atom is 0.325 e. The molecule has 0 heterocycles. The zero-order valence-electron chi connectivity index (χ0n) is 21.0. The van der Waals surface area contributed by atoms with Crippen molar-refractivity contribution in [1.82, 2.24) is 10.6 Å². The third kappa shape index (κ3) is 8.10. The summed E-state index contributed by atoms with van der Waals surface area (Å²) in [6.07, 6.45) is 1.53. The van der Waals surface area contributed by atoms with Gasteiger partial charge in [0.25, 0.3) is 11.8 Å². The molecule has 200 valence electrons. The van der Waals surface area contributed by atoms with Crippen molar-refractivity contribution in [3.05, 3.63) is 47.5 Å². The van der Waals surface area contributed by atoms with Crippen LogP contribution in [0.4, 0.5) is 11.4 Å². The predicted octanol–water partition coefficient (Wildman–Crippen LogP) is 1.36. The summed E-state index contributed by atoms with van der Waals surface area (Å²) in [4.78, 5) is 49.9. The van der Waals surface area contributed by atoms with E-state index in [1.807, 2.05) is 0 Å². The molecule has 0 aliphatic rings. The van der Waals surface area contributed by atoms with Crippen molar-refractivity contribution in [2.24, 2.45) is 5.73 Å². The van der Waals surface area contributed by atoms with Crippen molar-refractivity contribution in [2.75, 3.05) is 31.8 Å². The number of nitrogens with two attached hydrogens (primary N) is 2. The average molecular weight is 516 g/mol. The zero-order valence-corrected chi connectivity index (χ0v) is 21.0. The quantitative estimate of drug-likeness (QED) is 0.169. The van der Waals surface area contributed by atoms with Crippen molar-refractivity contribution in [3.63, 3.8) is 0 Å². The van der Waals surface area contributed by atoms with E-state index in [9.17, 15) is 19.2 Å². The van der Waals surface area contributed by atoms with Gasteiger partial charge in [0.1, 0.15) is 23.6 Å². The Hall–Kier alpha value is -4.32. The molecule has 2 aromatic carbocycles. The average Bonchev–Trinajstić information content (AvgIpc) is 2.87. The van der Waals surface area contributed by atoms with Gasteiger partial charge in [0.05, 0.1) is 25.3 Å². The number of benzene rings is 2. The van der Waals surface area contributed by atoms with E-state index in [4.69, 9.17) is 26.0 Å². The highest BCUT2D eigenvalue weighted by Gasteiger charge is 2.24. The number of carboxylic acids is 1. The monoisotopic (exact) mass is 515 g/mol. The van der Waals surface area contributed by atoms with Gasteiger partial charge in [0.2, 0.25) is 5.91 Å². The maximum atomic E-state index is 13.2. The largest absolute Gasteiger partial charge is 0.496 e. The first kappa shape index (κ1) is 28.9. The number of nitrogens with one attached hydrogen (secondary N) is 3. The molecule has 0 aliphatic heterocycles. The Kier molecular flexibility index (Phi) is 10.7. The van der Waals surface area contributed by atoms with Gasteiger partial charge in [-0.05, 0) is 69.1 Å². The van der Waals surface area contributed by atoms with Gasteiger partial charge < -0.3 is 42.0 Å². The van der Waals surface area contributed by atoms with Gasteiger partial charge in [-0.3, -0.25) is 19.2 Å². The summed E-state index contributed by atoms with van der Waals surface area (Å²) in [6, 6.07) is 6.89. The first-order valence-electron chi connectivity index (χ1n) is 11.6. The lowest BCUT2D eigenvalue weighted by Crippen LogP contribution is -2.44. The molecule has 0 aliphatic carbocycles. The summed E-state index contributed by atoms with van der Waals surface area (Å²) < 4.78 is 10.4. The molecule has 0 bridgehead atoms. The predicted molar refractivity (Wildman–Crippen MR) is 138 cm³/mol. The number of carbonyl (C=O) groups excluding carboxylic acids is 3. The second-order valence-corrected chi connectivity index (χ2v) is 8.21. The van der Waals surface area contributed by atoms with Gasteiger partial charge in [-0.1, -0.05) is 0 Å². The molecule has 2 atom stereocenters. The molecule has 2 rings (SSSR count). The molecule has 0 saturated carbocycles. The molecule has 0 aromatic heterocycles. The molecule has 0 radical (unpaired) electrons. The molecule has 8 N–H and O–H groups in total. The topological polar surface area (TPSA) is 195 Å². The number of unbranched alkanes of at least 4 members (excludes halogenated alkanes) is 1. The number of hydrogen-bond donors (Lipinski definition) is 6. The third-order valence-electron chi connectivity index (χ3n) is 5.47. The van der Waals surface area contributed by atoms with E-state index in [0.29, 0.717) is 37.2 Å². The number of carbonyl (C=O) groups is 4. The van der Waals surface area contributed by atoms with E-state index in [1.54, 1.807) is 12.1 Å². The van der Waals surface area contributed by atoms with E-state index in [2.05, 4.69) is 16.0 Å². The molecule has 12 heteroatoms. The van der Waals surface area contributed by atoms with Crippen molar-refractivity contribution in [1.29, 1.82) is 0 Å². The number of aliphatic carboxylic acids is 1. The number of carboxylic acid groups (broad SMARTS) is 1. The van der Waals surface area contributed by atoms with Crippen LogP contribution < -0.4 is 36.9 Å². The van der Waals surface area contributed by atoms with E-state index >= 15 is 0 Å². The number of rotatable bonds is 13. The Morgan fingerprint density at radius 3 is 2.11 bits per heavy atom. The van der Waals surface area contributed by atoms with Crippen molar-refractivity contribution >= 4 is 35.1 Å². The highest BCUT2D eigenvalue weighted by Crippen LogP contribution is 2.24. The Bertz CT molecular complexity index is 1140. The molecular formula is C25H33N5O7. The molecule has 0 spiro atoms. The van der Waals surface area contributed by atoms with Crippen LogP contribution in [0.1, 0.15) is 46.9 Å². The minimum absolute atomic E-state index is 0.0293. The van der Waals surface area contributed by atoms with Crippen LogP contribution in [-0.2, 0) is 9.59 Å². The standard InChI is InChI=1S/C25H33N5O7/c1-14(25(34)35)28-22(31)18-13-16(8-10-21(18)37-3)29-24(33)19(6-4-5-11-26)30-23(32)17-12-15(27)7-9-20(17)36-2/h7-10,12-14,19H,4-6,11,26-27H2,1-3H3,(H,28,31)(H,29,33)(H,30,32)(H,34,35)/t14-,19-/m0/s1. The molecule has 2 aromatic rings. The molecule has 37 heavy (non-hydrogen) atoms. The van der Waals surface area contributed by atoms with Crippen LogP contribution in [0.3, 0.4) is 0 Å². The number of ether oxygens (including phenoxy) is 2. The van der Waals surface area contributed by atoms with Gasteiger partial charge in [-0.25, -0.2) is 0 Å². The van der Waals surface area contributed by atoms with Crippen LogP contribution >= 0.6 is 0 Å². The lowest BCUT2D eigenvalue weighted by molar-refractivity contribution is -0.138. The highest BCUT2D eigenvalue weighted by molar-refractivity contribution is 6.04. The van der Waals surface area contributed by atoms with Gasteiger partial charge >= 0.3 is 5.97 Å². The summed E-state index contributed by atoms with van der Waals surface area (Å²) in [5.74, 6) is -2.48. The second-order valence-electron chi connectivity index (χ2n) is 8.21. The number of amides is 3. The fraction of sp³-hybridized carbons (Fsp3) is 0.360. The lowest BCUT2D eigenvalue weighted by atomic mass is 10.1. The maximum absolute atomic E-state index is 13.2. The van der Waals surface area contributed by atoms with Crippen LogP contribution in [-0.4, -0.2) is 61.6 Å². The molecule has 12 nitrogen and oxygen atoms in total. The van der Waals surface area contributed by atoms with Crippen molar-refractivity contribution in [2.45, 2.75) is 38.3 Å². The normalized spacial score (nSPS) is 12.1. The Labute approximate surface area is 214 Å². The van der Waals surface area contributed by atoms with Crippen LogP contribution in [0, 0.1) is 0 Å². The first-order chi connectivity index (χ1) is 17.6. The molecular weight excluding hydrogens is 482 g/mol. The number of hydrogen-bond acceptors (Lipinski definition) is 8. The van der Waals surface area contributed by atoms with Crippen molar-refractivity contribution in [3.8, 4) is 11.5 Å². The van der Waals surface area contributed by atoms with E-state index in [-0.39, 0.29) is 22.6 Å².